The fourth-order valence-corrected chi connectivity index (χ4v) is 6.73. The van der Waals surface area contributed by atoms with Gasteiger partial charge in [-0.15, -0.1) is 0 Å². The highest BCUT2D eigenvalue weighted by Crippen LogP contribution is 2.53. The van der Waals surface area contributed by atoms with E-state index in [2.05, 4.69) is 4.98 Å². The molecule has 158 valence electrons. The van der Waals surface area contributed by atoms with Gasteiger partial charge in [0, 0.05) is 10.8 Å². The maximum Gasteiger partial charge on any atom is 0.305 e. The fraction of sp³-hybridized carbons (Fsp3) is 0.227. The molecule has 0 saturated carbocycles. The van der Waals surface area contributed by atoms with Crippen molar-refractivity contribution in [3.63, 3.8) is 0 Å². The number of hydrogen-bond acceptors (Lipinski definition) is 7. The van der Waals surface area contributed by atoms with Crippen LogP contribution in [0.5, 0.6) is 11.5 Å². The molecule has 0 aliphatic carbocycles. The molecule has 31 heavy (non-hydrogen) atoms. The molecule has 1 aromatic heterocycles. The van der Waals surface area contributed by atoms with Gasteiger partial charge in [-0.1, -0.05) is 46.9 Å². The van der Waals surface area contributed by atoms with Gasteiger partial charge in [0.05, 0.1) is 23.7 Å². The Balaban J connectivity index is 1.66. The Hall–Kier alpha value is -3.04. The number of phenols is 1. The number of rotatable bonds is 3. The lowest BCUT2D eigenvalue weighted by Gasteiger charge is -2.30. The lowest BCUT2D eigenvalue weighted by molar-refractivity contribution is -0.122. The summed E-state index contributed by atoms with van der Waals surface area (Å²) in [7, 11) is 1.45. The van der Waals surface area contributed by atoms with E-state index in [-0.39, 0.29) is 28.2 Å². The van der Waals surface area contributed by atoms with Crippen molar-refractivity contribution in [2.24, 2.45) is 5.92 Å². The second-order valence-corrected chi connectivity index (χ2v) is 9.70. The number of aromatic amines is 1. The number of fused-ring (bicyclic) bond motifs is 2. The van der Waals surface area contributed by atoms with E-state index >= 15 is 0 Å². The van der Waals surface area contributed by atoms with Crippen LogP contribution >= 0.6 is 23.1 Å². The number of carbonyl (C=O) groups is 2. The van der Waals surface area contributed by atoms with Gasteiger partial charge in [0.1, 0.15) is 5.25 Å². The number of phenolic OH excluding ortho intramolecular Hbond substituents is 1. The lowest BCUT2D eigenvalue weighted by Crippen LogP contribution is -2.32. The minimum absolute atomic E-state index is 0.0226. The van der Waals surface area contributed by atoms with E-state index in [9.17, 15) is 19.5 Å². The number of aryl methyl sites for hydroxylation is 1. The van der Waals surface area contributed by atoms with Gasteiger partial charge in [0.2, 0.25) is 11.8 Å². The van der Waals surface area contributed by atoms with Gasteiger partial charge >= 0.3 is 4.87 Å². The molecule has 3 atom stereocenters. The number of nitrogens with one attached hydrogen (secondary N) is 1. The third kappa shape index (κ3) is 3.07. The molecule has 1 fully saturated rings. The molecule has 2 aliphatic rings. The number of imide groups is 1. The van der Waals surface area contributed by atoms with Crippen LogP contribution in [0.4, 0.5) is 5.69 Å². The first-order chi connectivity index (χ1) is 14.9. The van der Waals surface area contributed by atoms with Gasteiger partial charge in [-0.3, -0.25) is 14.4 Å². The quantitative estimate of drug-likeness (QED) is 0.590. The number of anilines is 1. The third-order valence-corrected chi connectivity index (χ3v) is 8.08. The summed E-state index contributed by atoms with van der Waals surface area (Å²) in [6.45, 7) is 1.94. The number of methoxy groups -OCH3 is 1. The Kier molecular flexibility index (Phi) is 4.67. The average molecular weight is 455 g/mol. The minimum Gasteiger partial charge on any atom is -0.504 e. The summed E-state index contributed by atoms with van der Waals surface area (Å²) in [5.74, 6) is -1.53. The standard InChI is InChI=1S/C22H18N2O5S2/c1-10-3-6-12(7-4-10)24-20(26)16-15(11-5-8-13(25)14(9-11)29-2)17-19(23-22(28)31-17)30-18(16)21(24)27/h3-9,15-16,18,25H,1-2H3,(H,23,28)/t15-,16-,18+/m0/s1. The number of aromatic nitrogens is 1. The molecule has 9 heteroatoms. The third-order valence-electron chi connectivity index (χ3n) is 5.68. The highest BCUT2D eigenvalue weighted by Gasteiger charge is 2.56. The molecule has 0 unspecified atom stereocenters. The van der Waals surface area contributed by atoms with E-state index in [0.29, 0.717) is 16.3 Å². The van der Waals surface area contributed by atoms with Crippen molar-refractivity contribution in [1.29, 1.82) is 0 Å². The molecule has 0 radical (unpaired) electrons. The number of H-pyrrole nitrogens is 1. The number of thioether (sulfide) groups is 1. The SMILES string of the molecule is COc1cc([C@@H]2c3sc(=O)[nH]c3S[C@H]3C(=O)N(c4ccc(C)cc4)C(=O)[C@@H]23)ccc1O. The summed E-state index contributed by atoms with van der Waals surface area (Å²) in [5, 5.41) is 9.97. The van der Waals surface area contributed by atoms with Crippen molar-refractivity contribution >= 4 is 40.6 Å². The molecule has 3 heterocycles. The highest BCUT2D eigenvalue weighted by molar-refractivity contribution is 8.00. The maximum atomic E-state index is 13.6. The Morgan fingerprint density at radius 2 is 1.81 bits per heavy atom. The van der Waals surface area contributed by atoms with Gasteiger partial charge in [0.15, 0.2) is 11.5 Å². The predicted octanol–water partition coefficient (Wildman–Crippen LogP) is 3.25. The first-order valence-electron chi connectivity index (χ1n) is 9.60. The van der Waals surface area contributed by atoms with E-state index in [0.717, 1.165) is 21.8 Å². The van der Waals surface area contributed by atoms with Crippen molar-refractivity contribution in [2.75, 3.05) is 12.0 Å². The van der Waals surface area contributed by atoms with Gasteiger partial charge in [-0.25, -0.2) is 4.90 Å². The molecule has 5 rings (SSSR count). The second-order valence-electron chi connectivity index (χ2n) is 7.53. The molecule has 2 aromatic carbocycles. The highest BCUT2D eigenvalue weighted by atomic mass is 32.2. The number of hydrogen-bond donors (Lipinski definition) is 2. The Bertz CT molecular complexity index is 1260. The maximum absolute atomic E-state index is 13.6. The van der Waals surface area contributed by atoms with E-state index < -0.39 is 17.1 Å². The van der Waals surface area contributed by atoms with E-state index in [4.69, 9.17) is 4.74 Å². The fourth-order valence-electron chi connectivity index (χ4n) is 4.21. The Morgan fingerprint density at radius 1 is 1.06 bits per heavy atom. The Morgan fingerprint density at radius 3 is 2.52 bits per heavy atom. The van der Waals surface area contributed by atoms with Gasteiger partial charge in [-0.2, -0.15) is 0 Å². The van der Waals surface area contributed by atoms with Crippen molar-refractivity contribution < 1.29 is 19.4 Å². The lowest BCUT2D eigenvalue weighted by atomic mass is 9.83. The van der Waals surface area contributed by atoms with Crippen LogP contribution in [0.15, 0.2) is 52.3 Å². The van der Waals surface area contributed by atoms with Crippen LogP contribution in [0.1, 0.15) is 21.9 Å². The summed E-state index contributed by atoms with van der Waals surface area (Å²) >= 11 is 2.28. The topological polar surface area (TPSA) is 99.7 Å². The van der Waals surface area contributed by atoms with Gasteiger partial charge < -0.3 is 14.8 Å². The number of benzene rings is 2. The van der Waals surface area contributed by atoms with E-state index in [1.807, 2.05) is 19.1 Å². The number of carbonyl (C=O) groups excluding carboxylic acids is 2. The van der Waals surface area contributed by atoms with Crippen molar-refractivity contribution in [1.82, 2.24) is 4.98 Å². The van der Waals surface area contributed by atoms with Crippen molar-refractivity contribution in [3.8, 4) is 11.5 Å². The van der Waals surface area contributed by atoms with Crippen LogP contribution in [0.25, 0.3) is 0 Å². The van der Waals surface area contributed by atoms with Crippen LogP contribution in [0, 0.1) is 12.8 Å². The summed E-state index contributed by atoms with van der Waals surface area (Å²) < 4.78 is 5.25. The first-order valence-corrected chi connectivity index (χ1v) is 11.3. The molecule has 2 amide bonds. The summed E-state index contributed by atoms with van der Waals surface area (Å²) in [6, 6.07) is 12.1. The molecular weight excluding hydrogens is 436 g/mol. The zero-order chi connectivity index (χ0) is 21.9. The molecule has 2 aliphatic heterocycles. The number of thiazole rings is 1. The molecule has 0 spiro atoms. The molecule has 7 nitrogen and oxygen atoms in total. The zero-order valence-electron chi connectivity index (χ0n) is 16.6. The Labute approximate surface area is 185 Å². The van der Waals surface area contributed by atoms with Crippen LogP contribution in [0.2, 0.25) is 0 Å². The largest absolute Gasteiger partial charge is 0.504 e. The van der Waals surface area contributed by atoms with Gasteiger partial charge in [0.25, 0.3) is 0 Å². The van der Waals surface area contributed by atoms with E-state index in [1.54, 1.807) is 24.3 Å². The van der Waals surface area contributed by atoms with Crippen LogP contribution in [-0.2, 0) is 9.59 Å². The summed E-state index contributed by atoms with van der Waals surface area (Å²) in [6.07, 6.45) is 0. The smallest absolute Gasteiger partial charge is 0.305 e. The average Bonchev–Trinajstić information content (AvgIpc) is 3.24. The predicted molar refractivity (Wildman–Crippen MR) is 118 cm³/mol. The van der Waals surface area contributed by atoms with E-state index in [1.165, 1.54) is 29.8 Å². The molecule has 0 bridgehead atoms. The first kappa shape index (κ1) is 19.9. The van der Waals surface area contributed by atoms with Crippen molar-refractivity contribution in [2.45, 2.75) is 23.1 Å². The minimum atomic E-state index is -0.674. The van der Waals surface area contributed by atoms with Crippen LogP contribution in [-0.4, -0.2) is 34.3 Å². The number of aromatic hydroxyl groups is 1. The van der Waals surface area contributed by atoms with Gasteiger partial charge in [-0.05, 0) is 36.8 Å². The van der Waals surface area contributed by atoms with Crippen LogP contribution in [0.3, 0.4) is 0 Å². The van der Waals surface area contributed by atoms with Crippen LogP contribution < -0.4 is 14.5 Å². The monoisotopic (exact) mass is 454 g/mol. The zero-order valence-corrected chi connectivity index (χ0v) is 18.3. The molecular formula is C22H18N2O5S2. The molecule has 3 aromatic rings. The second kappa shape index (κ2) is 7.28. The van der Waals surface area contributed by atoms with Crippen molar-refractivity contribution in [3.05, 3.63) is 68.1 Å². The summed E-state index contributed by atoms with van der Waals surface area (Å²) in [4.78, 5) is 43.6. The summed E-state index contributed by atoms with van der Waals surface area (Å²) in [5.41, 5.74) is 2.27. The molecule has 2 N–H and O–H groups in total. The molecule has 1 saturated heterocycles. The number of ether oxygens (including phenoxy) is 1. The normalized spacial score (nSPS) is 22.4. The number of nitrogens with zero attached hydrogens (tertiary/aromatic N) is 1. The number of amides is 2.